The molecule has 0 aromatic rings. The van der Waals surface area contributed by atoms with Crippen molar-refractivity contribution in [3.05, 3.63) is 0 Å². The van der Waals surface area contributed by atoms with Crippen molar-refractivity contribution in [2.75, 3.05) is 18.2 Å². The van der Waals surface area contributed by atoms with Gasteiger partial charge in [-0.25, -0.2) is 0 Å². The first kappa shape index (κ1) is 13.2. The Morgan fingerprint density at radius 3 is 3.06 bits per heavy atom. The summed E-state index contributed by atoms with van der Waals surface area (Å²) in [6.07, 6.45) is 3.85. The molecule has 1 amide bonds. The van der Waals surface area contributed by atoms with Gasteiger partial charge in [0.05, 0.1) is 12.1 Å². The van der Waals surface area contributed by atoms with Crippen LogP contribution >= 0.6 is 11.8 Å². The quantitative estimate of drug-likeness (QED) is 0.697. The van der Waals surface area contributed by atoms with E-state index in [4.69, 9.17) is 0 Å². The first-order chi connectivity index (χ1) is 8.12. The molecule has 5 heteroatoms. The third-order valence-corrected chi connectivity index (χ3v) is 4.92. The summed E-state index contributed by atoms with van der Waals surface area (Å²) in [6.45, 7) is 2.67. The fraction of sp³-hybridized carbons (Fsp3) is 0.917. The van der Waals surface area contributed by atoms with Gasteiger partial charge in [0, 0.05) is 23.6 Å². The van der Waals surface area contributed by atoms with Crippen molar-refractivity contribution >= 4 is 17.7 Å². The van der Waals surface area contributed by atoms with Crippen LogP contribution in [-0.4, -0.2) is 41.3 Å². The maximum absolute atomic E-state index is 11.9. The number of carbonyl (C=O) groups excluding carboxylic acids is 1. The molecule has 0 aromatic heterocycles. The van der Waals surface area contributed by atoms with E-state index in [2.05, 4.69) is 17.6 Å². The topological polar surface area (TPSA) is 61.4 Å². The van der Waals surface area contributed by atoms with E-state index >= 15 is 0 Å². The number of nitrogens with one attached hydrogen (secondary N) is 2. The lowest BCUT2D eigenvalue weighted by molar-refractivity contribution is -0.123. The van der Waals surface area contributed by atoms with Crippen LogP contribution in [0.5, 0.6) is 0 Å². The number of amides is 1. The van der Waals surface area contributed by atoms with Crippen LogP contribution in [0.1, 0.15) is 32.6 Å². The molecule has 2 aliphatic rings. The third-order valence-electron chi connectivity index (χ3n) is 3.98. The van der Waals surface area contributed by atoms with Crippen molar-refractivity contribution in [2.24, 2.45) is 5.41 Å². The summed E-state index contributed by atoms with van der Waals surface area (Å²) in [5, 5.41) is 16.2. The molecule has 17 heavy (non-hydrogen) atoms. The van der Waals surface area contributed by atoms with Gasteiger partial charge in [-0.2, -0.15) is 0 Å². The van der Waals surface area contributed by atoms with Crippen molar-refractivity contribution in [1.82, 2.24) is 10.6 Å². The van der Waals surface area contributed by atoms with Gasteiger partial charge in [0.2, 0.25) is 5.91 Å². The van der Waals surface area contributed by atoms with Gasteiger partial charge in [-0.15, -0.1) is 11.8 Å². The van der Waals surface area contributed by atoms with E-state index in [1.54, 1.807) is 11.8 Å². The number of aliphatic hydroxyl groups is 1. The number of carbonyl (C=O) groups is 1. The highest BCUT2D eigenvalue weighted by Crippen LogP contribution is 2.35. The van der Waals surface area contributed by atoms with Gasteiger partial charge in [-0.1, -0.05) is 19.8 Å². The Labute approximate surface area is 107 Å². The molecule has 1 aliphatic carbocycles. The van der Waals surface area contributed by atoms with Gasteiger partial charge in [0.1, 0.15) is 0 Å². The number of hydrogen-bond donors (Lipinski definition) is 3. The van der Waals surface area contributed by atoms with Crippen molar-refractivity contribution in [3.63, 3.8) is 0 Å². The molecule has 0 aromatic carbocycles. The second kappa shape index (κ2) is 5.59. The van der Waals surface area contributed by atoms with E-state index in [-0.39, 0.29) is 23.5 Å². The maximum Gasteiger partial charge on any atom is 0.238 e. The second-order valence-corrected chi connectivity index (χ2v) is 6.44. The number of rotatable bonds is 3. The molecule has 1 saturated carbocycles. The zero-order valence-electron chi connectivity index (χ0n) is 10.4. The first-order valence-electron chi connectivity index (χ1n) is 6.39. The van der Waals surface area contributed by atoms with E-state index < -0.39 is 0 Å². The van der Waals surface area contributed by atoms with Crippen molar-refractivity contribution in [3.8, 4) is 0 Å². The number of thioether (sulfide) groups is 1. The number of aliphatic hydroxyl groups excluding tert-OH is 1. The van der Waals surface area contributed by atoms with Crippen LogP contribution in [0.3, 0.4) is 0 Å². The minimum absolute atomic E-state index is 0.0515. The predicted molar refractivity (Wildman–Crippen MR) is 69.8 cm³/mol. The van der Waals surface area contributed by atoms with Crippen LogP contribution in [0.15, 0.2) is 0 Å². The van der Waals surface area contributed by atoms with Crippen LogP contribution in [0, 0.1) is 5.41 Å². The van der Waals surface area contributed by atoms with Gasteiger partial charge in [-0.05, 0) is 12.8 Å². The van der Waals surface area contributed by atoms with Crippen LogP contribution < -0.4 is 10.6 Å². The van der Waals surface area contributed by atoms with E-state index in [0.717, 1.165) is 37.3 Å². The highest BCUT2D eigenvalue weighted by atomic mass is 32.2. The number of hydrogen-bond acceptors (Lipinski definition) is 4. The predicted octanol–water partition coefficient (Wildman–Crippen LogP) is 0.706. The average Bonchev–Trinajstić information content (AvgIpc) is 2.84. The van der Waals surface area contributed by atoms with Gasteiger partial charge in [-0.3, -0.25) is 10.1 Å². The Morgan fingerprint density at radius 1 is 1.59 bits per heavy atom. The van der Waals surface area contributed by atoms with Crippen LogP contribution in [0.4, 0.5) is 0 Å². The van der Waals surface area contributed by atoms with Crippen molar-refractivity contribution < 1.29 is 9.90 Å². The Balaban J connectivity index is 1.81. The molecular weight excluding hydrogens is 236 g/mol. The molecule has 1 saturated heterocycles. The Hall–Kier alpha value is -0.260. The van der Waals surface area contributed by atoms with Gasteiger partial charge < -0.3 is 10.4 Å². The summed E-state index contributed by atoms with van der Waals surface area (Å²) < 4.78 is 0. The van der Waals surface area contributed by atoms with E-state index in [0.29, 0.717) is 6.54 Å². The summed E-state index contributed by atoms with van der Waals surface area (Å²) >= 11 is 1.75. The summed E-state index contributed by atoms with van der Waals surface area (Å²) in [7, 11) is 0. The van der Waals surface area contributed by atoms with Crippen molar-refractivity contribution in [2.45, 2.75) is 44.8 Å². The van der Waals surface area contributed by atoms with Gasteiger partial charge in [0.25, 0.3) is 0 Å². The molecule has 3 atom stereocenters. The SMILES string of the molecule is C[C@]1(CNC(=O)[C@H]2CSCN2)CCCC[C@@H]1O. The minimum atomic E-state index is -0.275. The maximum atomic E-state index is 11.9. The monoisotopic (exact) mass is 258 g/mol. The van der Waals surface area contributed by atoms with Crippen LogP contribution in [-0.2, 0) is 4.79 Å². The molecule has 2 rings (SSSR count). The lowest BCUT2D eigenvalue weighted by atomic mass is 9.73. The van der Waals surface area contributed by atoms with E-state index in [9.17, 15) is 9.90 Å². The van der Waals surface area contributed by atoms with Gasteiger partial charge >= 0.3 is 0 Å². The van der Waals surface area contributed by atoms with E-state index in [1.165, 1.54) is 0 Å². The Morgan fingerprint density at radius 2 is 2.41 bits per heavy atom. The molecule has 0 bridgehead atoms. The summed E-state index contributed by atoms with van der Waals surface area (Å²) in [4.78, 5) is 11.9. The molecule has 0 spiro atoms. The third kappa shape index (κ3) is 3.14. The zero-order chi connectivity index (χ0) is 12.3. The summed E-state index contributed by atoms with van der Waals surface area (Å²) in [5.74, 6) is 1.79. The van der Waals surface area contributed by atoms with Crippen LogP contribution in [0.25, 0.3) is 0 Å². The Bertz CT molecular complexity index is 282. The summed E-state index contributed by atoms with van der Waals surface area (Å²) in [6, 6.07) is -0.0515. The molecule has 3 N–H and O–H groups in total. The standard InChI is InChI=1S/C12H22N2O2S/c1-12(5-3-2-4-10(12)15)7-13-11(16)9-6-17-8-14-9/h9-10,14-15H,2-8H2,1H3,(H,13,16)/t9-,10+,12-/m1/s1. The molecule has 98 valence electrons. The lowest BCUT2D eigenvalue weighted by Crippen LogP contribution is -2.49. The van der Waals surface area contributed by atoms with E-state index in [1.807, 2.05) is 0 Å². The van der Waals surface area contributed by atoms with Crippen LogP contribution in [0.2, 0.25) is 0 Å². The molecule has 0 unspecified atom stereocenters. The smallest absolute Gasteiger partial charge is 0.238 e. The average molecular weight is 258 g/mol. The lowest BCUT2D eigenvalue weighted by Gasteiger charge is -2.38. The normalized spacial score (nSPS) is 38.0. The molecule has 1 aliphatic heterocycles. The van der Waals surface area contributed by atoms with Crippen molar-refractivity contribution in [1.29, 1.82) is 0 Å². The van der Waals surface area contributed by atoms with Gasteiger partial charge in [0.15, 0.2) is 0 Å². The molecule has 1 heterocycles. The largest absolute Gasteiger partial charge is 0.392 e. The second-order valence-electron chi connectivity index (χ2n) is 5.41. The fourth-order valence-corrected chi connectivity index (χ4v) is 3.51. The molecule has 4 nitrogen and oxygen atoms in total. The Kier molecular flexibility index (Phi) is 4.33. The summed E-state index contributed by atoms with van der Waals surface area (Å²) in [5.41, 5.74) is -0.139. The highest BCUT2D eigenvalue weighted by molar-refractivity contribution is 7.99. The fourth-order valence-electron chi connectivity index (χ4n) is 2.56. The molecular formula is C12H22N2O2S. The first-order valence-corrected chi connectivity index (χ1v) is 7.54. The zero-order valence-corrected chi connectivity index (χ0v) is 11.2. The molecule has 2 fully saturated rings. The highest BCUT2D eigenvalue weighted by Gasteiger charge is 2.36. The molecule has 0 radical (unpaired) electrons. The minimum Gasteiger partial charge on any atom is -0.392 e.